The average Bonchev–Trinajstić information content (AvgIpc) is 3.18. The number of aromatic nitrogens is 3. The van der Waals surface area contributed by atoms with Crippen LogP contribution in [0.1, 0.15) is 51.9 Å². The Kier molecular flexibility index (Phi) is 9.11. The average molecular weight is 383 g/mol. The van der Waals surface area contributed by atoms with E-state index >= 15 is 0 Å². The number of Topliss-reactive ketones (excluding diaryl/α,β-unsaturated/α-hetero) is 1. The quantitative estimate of drug-likeness (QED) is 0.581. The number of carbonyl (C=O) groups is 2. The molecule has 2 rings (SSSR count). The van der Waals surface area contributed by atoms with Gasteiger partial charge in [-0.1, -0.05) is 50.3 Å². The Morgan fingerprint density at radius 3 is 2.61 bits per heavy atom. The largest absolute Gasteiger partial charge is 0.342 e. The molecule has 28 heavy (non-hydrogen) atoms. The first kappa shape index (κ1) is 21.5. The zero-order valence-corrected chi connectivity index (χ0v) is 16.7. The van der Waals surface area contributed by atoms with E-state index in [9.17, 15) is 9.59 Å². The van der Waals surface area contributed by atoms with E-state index in [1.165, 1.54) is 4.80 Å². The van der Waals surface area contributed by atoms with Gasteiger partial charge in [-0.15, -0.1) is 0 Å². The first-order valence-electron chi connectivity index (χ1n) is 10.0. The maximum Gasteiger partial charge on any atom is 0.228 e. The van der Waals surface area contributed by atoms with Crippen molar-refractivity contribution in [3.63, 3.8) is 0 Å². The standard InChI is InChI=1S/C22H30N4O2/c1-3-4-16-25(22(28)18-19(2)26-23-14-15-24-26)17-10-13-21(27)20-11-8-6-5-7-9-12-20/h6,8-9,11-12,14-15H,2-5,7,10,13,16-18H2,1H3/b8-6-,12-9-,20-11+. The van der Waals surface area contributed by atoms with Crippen LogP contribution in [0.15, 0.2) is 54.9 Å². The molecule has 150 valence electrons. The number of rotatable bonds is 11. The van der Waals surface area contributed by atoms with Gasteiger partial charge >= 0.3 is 0 Å². The summed E-state index contributed by atoms with van der Waals surface area (Å²) < 4.78 is 0. The summed E-state index contributed by atoms with van der Waals surface area (Å²) in [4.78, 5) is 28.4. The zero-order valence-electron chi connectivity index (χ0n) is 16.7. The number of ketones is 1. The minimum absolute atomic E-state index is 0.00352. The fraction of sp³-hybridized carbons (Fsp3) is 0.455. The van der Waals surface area contributed by atoms with Crippen molar-refractivity contribution in [2.75, 3.05) is 13.1 Å². The minimum Gasteiger partial charge on any atom is -0.342 e. The molecule has 0 unspecified atom stereocenters. The summed E-state index contributed by atoms with van der Waals surface area (Å²) in [5.74, 6) is 0.118. The molecule has 1 aliphatic carbocycles. The highest BCUT2D eigenvalue weighted by Gasteiger charge is 2.16. The van der Waals surface area contributed by atoms with Crippen molar-refractivity contribution in [2.45, 2.75) is 51.9 Å². The van der Waals surface area contributed by atoms with E-state index in [1.54, 1.807) is 12.4 Å². The predicted molar refractivity (Wildman–Crippen MR) is 111 cm³/mol. The van der Waals surface area contributed by atoms with E-state index in [1.807, 2.05) is 29.2 Å². The second-order valence-corrected chi connectivity index (χ2v) is 6.85. The van der Waals surface area contributed by atoms with Crippen LogP contribution in [0.25, 0.3) is 5.70 Å². The fourth-order valence-electron chi connectivity index (χ4n) is 2.93. The van der Waals surface area contributed by atoms with Crippen LogP contribution in [-0.4, -0.2) is 44.7 Å². The number of amides is 1. The number of unbranched alkanes of at least 4 members (excludes halogenated alkanes) is 1. The molecule has 1 aliphatic rings. The van der Waals surface area contributed by atoms with E-state index in [0.29, 0.717) is 31.6 Å². The summed E-state index contributed by atoms with van der Waals surface area (Å²) in [6, 6.07) is 0. The monoisotopic (exact) mass is 382 g/mol. The van der Waals surface area contributed by atoms with Crippen LogP contribution in [0, 0.1) is 0 Å². The van der Waals surface area contributed by atoms with Crippen molar-refractivity contribution in [3.05, 3.63) is 54.9 Å². The molecule has 0 saturated heterocycles. The molecule has 1 aromatic rings. The molecule has 6 heteroatoms. The highest BCUT2D eigenvalue weighted by atomic mass is 16.2. The summed E-state index contributed by atoms with van der Waals surface area (Å²) in [5, 5.41) is 8.03. The lowest BCUT2D eigenvalue weighted by molar-refractivity contribution is -0.130. The molecule has 0 aromatic carbocycles. The smallest absolute Gasteiger partial charge is 0.228 e. The normalized spacial score (nSPS) is 17.7. The van der Waals surface area contributed by atoms with Crippen molar-refractivity contribution in [2.24, 2.45) is 0 Å². The molecule has 0 spiro atoms. The molecule has 0 saturated carbocycles. The van der Waals surface area contributed by atoms with Crippen LogP contribution >= 0.6 is 0 Å². The summed E-state index contributed by atoms with van der Waals surface area (Å²) >= 11 is 0. The Morgan fingerprint density at radius 1 is 1.14 bits per heavy atom. The molecule has 0 bridgehead atoms. The SMILES string of the molecule is C=C(CC(=O)N(CCCC)CCCC(=O)C1=C/C=C\CC/C=C\1)n1nccn1. The Morgan fingerprint density at radius 2 is 1.86 bits per heavy atom. The van der Waals surface area contributed by atoms with Crippen LogP contribution in [-0.2, 0) is 9.59 Å². The van der Waals surface area contributed by atoms with Gasteiger partial charge in [0.2, 0.25) is 5.91 Å². The van der Waals surface area contributed by atoms with Gasteiger partial charge in [0, 0.05) is 25.1 Å². The molecule has 0 N–H and O–H groups in total. The second-order valence-electron chi connectivity index (χ2n) is 6.85. The molecular formula is C22H30N4O2. The highest BCUT2D eigenvalue weighted by Crippen LogP contribution is 2.12. The number of hydrogen-bond donors (Lipinski definition) is 0. The van der Waals surface area contributed by atoms with Gasteiger partial charge < -0.3 is 4.90 Å². The van der Waals surface area contributed by atoms with Gasteiger partial charge in [-0.3, -0.25) is 9.59 Å². The molecule has 1 aromatic heterocycles. The third-order valence-electron chi connectivity index (χ3n) is 4.55. The van der Waals surface area contributed by atoms with E-state index in [0.717, 1.165) is 31.3 Å². The van der Waals surface area contributed by atoms with Gasteiger partial charge in [-0.25, -0.2) is 0 Å². The first-order chi connectivity index (χ1) is 13.6. The second kappa shape index (κ2) is 11.8. The maximum atomic E-state index is 12.7. The fourth-order valence-corrected chi connectivity index (χ4v) is 2.93. The first-order valence-corrected chi connectivity index (χ1v) is 10.0. The third-order valence-corrected chi connectivity index (χ3v) is 4.55. The maximum absolute atomic E-state index is 12.7. The van der Waals surface area contributed by atoms with E-state index in [2.05, 4.69) is 29.8 Å². The van der Waals surface area contributed by atoms with Crippen LogP contribution in [0.5, 0.6) is 0 Å². The van der Waals surface area contributed by atoms with Crippen LogP contribution < -0.4 is 0 Å². The van der Waals surface area contributed by atoms with Gasteiger partial charge in [0.15, 0.2) is 5.78 Å². The van der Waals surface area contributed by atoms with Crippen LogP contribution in [0.4, 0.5) is 0 Å². The van der Waals surface area contributed by atoms with Gasteiger partial charge in [0.1, 0.15) is 0 Å². The van der Waals surface area contributed by atoms with Gasteiger partial charge in [-0.05, 0) is 25.7 Å². The summed E-state index contributed by atoms with van der Waals surface area (Å²) in [6.07, 6.45) is 18.1. The van der Waals surface area contributed by atoms with E-state index < -0.39 is 0 Å². The summed E-state index contributed by atoms with van der Waals surface area (Å²) in [5.41, 5.74) is 1.28. The predicted octanol–water partition coefficient (Wildman–Crippen LogP) is 3.95. The van der Waals surface area contributed by atoms with Crippen molar-refractivity contribution < 1.29 is 9.59 Å². The van der Waals surface area contributed by atoms with E-state index in [-0.39, 0.29) is 18.1 Å². The lowest BCUT2D eigenvalue weighted by atomic mass is 10.0. The lowest BCUT2D eigenvalue weighted by Crippen LogP contribution is -2.33. The van der Waals surface area contributed by atoms with E-state index in [4.69, 9.17) is 0 Å². The molecule has 1 amide bonds. The summed E-state index contributed by atoms with van der Waals surface area (Å²) in [6.45, 7) is 7.25. The molecule has 0 radical (unpaired) electrons. The molecular weight excluding hydrogens is 352 g/mol. The zero-order chi connectivity index (χ0) is 20.2. The number of hydrogen-bond acceptors (Lipinski definition) is 4. The number of carbonyl (C=O) groups excluding carboxylic acids is 2. The van der Waals surface area contributed by atoms with Crippen molar-refractivity contribution in [1.29, 1.82) is 0 Å². The molecule has 0 fully saturated rings. The summed E-state index contributed by atoms with van der Waals surface area (Å²) in [7, 11) is 0. The topological polar surface area (TPSA) is 68.1 Å². The third kappa shape index (κ3) is 7.10. The van der Waals surface area contributed by atoms with Crippen LogP contribution in [0.2, 0.25) is 0 Å². The van der Waals surface area contributed by atoms with Crippen LogP contribution in [0.3, 0.4) is 0 Å². The Bertz CT molecular complexity index is 745. The Hall–Kier alpha value is -2.76. The molecule has 1 heterocycles. The van der Waals surface area contributed by atoms with Gasteiger partial charge in [0.05, 0.1) is 24.5 Å². The van der Waals surface area contributed by atoms with Crippen molar-refractivity contribution in [1.82, 2.24) is 19.9 Å². The van der Waals surface area contributed by atoms with Crippen molar-refractivity contribution in [3.8, 4) is 0 Å². The number of allylic oxidation sites excluding steroid dienone is 6. The minimum atomic E-state index is -0.00352. The molecule has 0 atom stereocenters. The highest BCUT2D eigenvalue weighted by molar-refractivity contribution is 5.98. The molecule has 6 nitrogen and oxygen atoms in total. The Balaban J connectivity index is 1.87. The van der Waals surface area contributed by atoms with Gasteiger partial charge in [-0.2, -0.15) is 15.0 Å². The lowest BCUT2D eigenvalue weighted by Gasteiger charge is -2.23. The molecule has 0 aliphatic heterocycles. The Labute approximate surface area is 167 Å². The van der Waals surface area contributed by atoms with Crippen molar-refractivity contribution >= 4 is 17.4 Å². The number of nitrogens with zero attached hydrogens (tertiary/aromatic N) is 4. The van der Waals surface area contributed by atoms with Gasteiger partial charge in [0.25, 0.3) is 0 Å².